The van der Waals surface area contributed by atoms with Gasteiger partial charge >= 0.3 is 12.1 Å². The minimum Gasteiger partial charge on any atom is -0.360 e. The molecule has 1 saturated heterocycles. The molecule has 7 heteroatoms. The van der Waals surface area contributed by atoms with Gasteiger partial charge < -0.3 is 4.84 Å². The summed E-state index contributed by atoms with van der Waals surface area (Å²) in [6.07, 6.45) is -5.00. The molecule has 0 saturated carbocycles. The highest BCUT2D eigenvalue weighted by atomic mass is 19.4. The van der Waals surface area contributed by atoms with Crippen molar-refractivity contribution in [2.75, 3.05) is 13.1 Å². The lowest BCUT2D eigenvalue weighted by Crippen LogP contribution is -2.49. The SMILES string of the molecule is O=C1CN(OC(=O)C(F)(F)F)C1. The number of hydrogen-bond acceptors (Lipinski definition) is 4. The van der Waals surface area contributed by atoms with Gasteiger partial charge in [0.1, 0.15) is 0 Å². The molecule has 1 fully saturated rings. The van der Waals surface area contributed by atoms with Gasteiger partial charge in [0.15, 0.2) is 5.78 Å². The summed E-state index contributed by atoms with van der Waals surface area (Å²) in [5, 5.41) is 0.651. The van der Waals surface area contributed by atoms with Crippen LogP contribution in [0.15, 0.2) is 0 Å². The van der Waals surface area contributed by atoms with Crippen LogP contribution < -0.4 is 0 Å². The normalized spacial score (nSPS) is 18.8. The summed E-state index contributed by atoms with van der Waals surface area (Å²) in [4.78, 5) is 24.1. The van der Waals surface area contributed by atoms with Crippen molar-refractivity contribution in [3.8, 4) is 0 Å². The zero-order valence-corrected chi connectivity index (χ0v) is 5.72. The highest BCUT2D eigenvalue weighted by Crippen LogP contribution is 2.18. The van der Waals surface area contributed by atoms with Gasteiger partial charge in [0.25, 0.3) is 0 Å². The van der Waals surface area contributed by atoms with Crippen molar-refractivity contribution < 1.29 is 27.6 Å². The summed E-state index contributed by atoms with van der Waals surface area (Å²) in [6.45, 7) is -0.524. The van der Waals surface area contributed by atoms with Crippen molar-refractivity contribution in [3.63, 3.8) is 0 Å². The lowest BCUT2D eigenvalue weighted by Gasteiger charge is -2.27. The Morgan fingerprint density at radius 3 is 2.25 bits per heavy atom. The summed E-state index contributed by atoms with van der Waals surface area (Å²) in [7, 11) is 0. The van der Waals surface area contributed by atoms with E-state index in [-0.39, 0.29) is 18.9 Å². The molecular weight excluding hydrogens is 179 g/mol. The number of carbonyl (C=O) groups is 2. The predicted molar refractivity (Wildman–Crippen MR) is 28.7 cm³/mol. The largest absolute Gasteiger partial charge is 0.492 e. The fraction of sp³-hybridized carbons (Fsp3) is 0.600. The molecule has 0 N–H and O–H groups in total. The molecule has 1 aliphatic rings. The second kappa shape index (κ2) is 2.74. The second-order valence-corrected chi connectivity index (χ2v) is 2.21. The van der Waals surface area contributed by atoms with E-state index in [2.05, 4.69) is 4.84 Å². The maximum atomic E-state index is 11.5. The zero-order valence-electron chi connectivity index (χ0n) is 5.72. The molecule has 0 aromatic heterocycles. The van der Waals surface area contributed by atoms with Crippen LogP contribution in [0.2, 0.25) is 0 Å². The Balaban J connectivity index is 2.33. The molecule has 4 nitrogen and oxygen atoms in total. The number of carbonyl (C=O) groups excluding carboxylic acids is 2. The van der Waals surface area contributed by atoms with Gasteiger partial charge in [-0.2, -0.15) is 13.2 Å². The lowest BCUT2D eigenvalue weighted by molar-refractivity contribution is -0.245. The van der Waals surface area contributed by atoms with E-state index in [9.17, 15) is 22.8 Å². The van der Waals surface area contributed by atoms with E-state index >= 15 is 0 Å². The molecule has 1 aliphatic heterocycles. The smallest absolute Gasteiger partial charge is 0.360 e. The van der Waals surface area contributed by atoms with Crippen LogP contribution in [0.25, 0.3) is 0 Å². The van der Waals surface area contributed by atoms with Crippen LogP contribution in [-0.2, 0) is 14.4 Å². The Kier molecular flexibility index (Phi) is 2.05. The van der Waals surface area contributed by atoms with Gasteiger partial charge in [-0.3, -0.25) is 4.79 Å². The van der Waals surface area contributed by atoms with E-state index in [1.54, 1.807) is 0 Å². The van der Waals surface area contributed by atoms with Gasteiger partial charge in [0.2, 0.25) is 0 Å². The molecule has 0 spiro atoms. The third-order valence-corrected chi connectivity index (χ3v) is 1.15. The van der Waals surface area contributed by atoms with E-state index in [1.165, 1.54) is 0 Å². The number of hydroxylamine groups is 2. The molecule has 0 unspecified atom stereocenters. The minimum absolute atomic E-state index is 0.259. The molecule has 0 aromatic rings. The quantitative estimate of drug-likeness (QED) is 0.569. The molecule has 1 rings (SSSR count). The molecule has 12 heavy (non-hydrogen) atoms. The van der Waals surface area contributed by atoms with Crippen LogP contribution in [0.3, 0.4) is 0 Å². The average Bonchev–Trinajstić information content (AvgIpc) is 1.82. The summed E-state index contributed by atoms with van der Waals surface area (Å²) in [6, 6.07) is 0. The van der Waals surface area contributed by atoms with Crippen molar-refractivity contribution in [2.24, 2.45) is 0 Å². The fourth-order valence-electron chi connectivity index (χ4n) is 0.581. The van der Waals surface area contributed by atoms with Crippen molar-refractivity contribution >= 4 is 11.8 Å². The number of halogens is 3. The molecule has 0 atom stereocenters. The Bertz CT molecular complexity index is 216. The van der Waals surface area contributed by atoms with E-state index in [4.69, 9.17) is 0 Å². The first kappa shape index (κ1) is 8.98. The van der Waals surface area contributed by atoms with Crippen LogP contribution in [0.1, 0.15) is 0 Å². The highest BCUT2D eigenvalue weighted by molar-refractivity contribution is 5.88. The van der Waals surface area contributed by atoms with Crippen molar-refractivity contribution in [3.05, 3.63) is 0 Å². The molecular formula is C5H4F3NO3. The van der Waals surface area contributed by atoms with E-state index in [0.29, 0.717) is 5.06 Å². The molecule has 1 heterocycles. The van der Waals surface area contributed by atoms with E-state index < -0.39 is 12.1 Å². The van der Waals surface area contributed by atoms with Crippen LogP contribution >= 0.6 is 0 Å². The summed E-state index contributed by atoms with van der Waals surface area (Å²) >= 11 is 0. The highest BCUT2D eigenvalue weighted by Gasteiger charge is 2.44. The molecule has 0 bridgehead atoms. The Morgan fingerprint density at radius 2 is 1.92 bits per heavy atom. The summed E-state index contributed by atoms with van der Waals surface area (Å²) in [5.41, 5.74) is 0. The number of alkyl halides is 3. The van der Waals surface area contributed by atoms with Crippen LogP contribution in [0, 0.1) is 0 Å². The molecule has 0 amide bonds. The summed E-state index contributed by atoms with van der Waals surface area (Å²) in [5.74, 6) is -2.56. The van der Waals surface area contributed by atoms with Gasteiger partial charge in [0.05, 0.1) is 13.1 Å². The van der Waals surface area contributed by atoms with Crippen molar-refractivity contribution in [1.29, 1.82) is 0 Å². The zero-order chi connectivity index (χ0) is 9.35. The predicted octanol–water partition coefficient (Wildman–Crippen LogP) is -0.108. The third-order valence-electron chi connectivity index (χ3n) is 1.15. The van der Waals surface area contributed by atoms with Crippen LogP contribution in [0.5, 0.6) is 0 Å². The first-order valence-electron chi connectivity index (χ1n) is 2.95. The topological polar surface area (TPSA) is 46.6 Å². The van der Waals surface area contributed by atoms with Gasteiger partial charge in [-0.25, -0.2) is 4.79 Å². The number of hydrogen-bond donors (Lipinski definition) is 0. The van der Waals surface area contributed by atoms with Gasteiger partial charge in [-0.15, -0.1) is 5.06 Å². The first-order valence-corrected chi connectivity index (χ1v) is 2.95. The maximum Gasteiger partial charge on any atom is 0.492 e. The fourth-order valence-corrected chi connectivity index (χ4v) is 0.581. The Labute approximate surface area is 64.8 Å². The molecule has 0 aromatic carbocycles. The Hall–Kier alpha value is -1.11. The van der Waals surface area contributed by atoms with Crippen LogP contribution in [-0.4, -0.2) is 36.1 Å². The molecule has 68 valence electrons. The average molecular weight is 183 g/mol. The second-order valence-electron chi connectivity index (χ2n) is 2.21. The molecule has 0 radical (unpaired) electrons. The number of nitrogens with zero attached hydrogens (tertiary/aromatic N) is 1. The van der Waals surface area contributed by atoms with E-state index in [0.717, 1.165) is 0 Å². The first-order chi connectivity index (χ1) is 5.39. The van der Waals surface area contributed by atoms with Gasteiger partial charge in [-0.05, 0) is 0 Å². The van der Waals surface area contributed by atoms with Crippen LogP contribution in [0.4, 0.5) is 13.2 Å². The number of ketones is 1. The maximum absolute atomic E-state index is 11.5. The lowest BCUT2D eigenvalue weighted by atomic mass is 10.3. The molecule has 0 aliphatic carbocycles. The minimum atomic E-state index is -5.00. The third kappa shape index (κ3) is 1.94. The Morgan fingerprint density at radius 1 is 1.42 bits per heavy atom. The number of rotatable bonds is 1. The monoisotopic (exact) mass is 183 g/mol. The number of Topliss-reactive ketones (excluding diaryl/α,β-unsaturated/α-hetero) is 1. The standard InChI is InChI=1S/C5H4F3NO3/c6-5(7,8)4(11)12-9-1-3(10)2-9/h1-2H2. The van der Waals surface area contributed by atoms with Gasteiger partial charge in [0, 0.05) is 0 Å². The summed E-state index contributed by atoms with van der Waals surface area (Å²) < 4.78 is 34.4. The van der Waals surface area contributed by atoms with Gasteiger partial charge in [-0.1, -0.05) is 0 Å². The van der Waals surface area contributed by atoms with E-state index in [1.807, 2.05) is 0 Å². The van der Waals surface area contributed by atoms with Crippen molar-refractivity contribution in [2.45, 2.75) is 6.18 Å². The van der Waals surface area contributed by atoms with Crippen molar-refractivity contribution in [1.82, 2.24) is 5.06 Å².